The molecule has 4 nitrogen and oxygen atoms in total. The summed E-state index contributed by atoms with van der Waals surface area (Å²) in [4.78, 5) is 0. The van der Waals surface area contributed by atoms with Crippen LogP contribution < -0.4 is 10.5 Å². The average molecular weight is 262 g/mol. The first kappa shape index (κ1) is 13.6. The Morgan fingerprint density at radius 3 is 2.81 bits per heavy atom. The molecule has 0 saturated heterocycles. The molecule has 1 heterocycles. The van der Waals surface area contributed by atoms with Gasteiger partial charge in [-0.25, -0.2) is 13.1 Å². The quantitative estimate of drug-likeness (QED) is 0.685. The van der Waals surface area contributed by atoms with Crippen molar-refractivity contribution in [1.82, 2.24) is 4.72 Å². The van der Waals surface area contributed by atoms with Crippen LogP contribution in [0.2, 0.25) is 0 Å². The molecule has 16 heavy (non-hydrogen) atoms. The van der Waals surface area contributed by atoms with Gasteiger partial charge < -0.3 is 5.73 Å². The van der Waals surface area contributed by atoms with Gasteiger partial charge in [0.2, 0.25) is 10.0 Å². The van der Waals surface area contributed by atoms with Crippen LogP contribution in [-0.2, 0) is 16.4 Å². The van der Waals surface area contributed by atoms with E-state index < -0.39 is 10.0 Å². The van der Waals surface area contributed by atoms with Crippen molar-refractivity contribution in [2.75, 3.05) is 18.8 Å². The van der Waals surface area contributed by atoms with E-state index >= 15 is 0 Å². The van der Waals surface area contributed by atoms with Crippen molar-refractivity contribution in [1.29, 1.82) is 0 Å². The first-order valence-electron chi connectivity index (χ1n) is 5.32. The topological polar surface area (TPSA) is 72.2 Å². The molecule has 0 aliphatic carbocycles. The summed E-state index contributed by atoms with van der Waals surface area (Å²) >= 11 is 1.62. The van der Waals surface area contributed by atoms with Gasteiger partial charge in [-0.1, -0.05) is 0 Å². The summed E-state index contributed by atoms with van der Waals surface area (Å²) < 4.78 is 25.6. The molecule has 1 aromatic heterocycles. The first-order chi connectivity index (χ1) is 7.64. The van der Waals surface area contributed by atoms with E-state index in [2.05, 4.69) is 4.72 Å². The largest absolute Gasteiger partial charge is 0.330 e. The summed E-state index contributed by atoms with van der Waals surface area (Å²) in [6, 6.07) is 2.01. The Bertz CT molecular complexity index is 374. The van der Waals surface area contributed by atoms with E-state index in [0.29, 0.717) is 19.5 Å². The fraction of sp³-hybridized carbons (Fsp3) is 0.600. The summed E-state index contributed by atoms with van der Waals surface area (Å²) in [5.74, 6) is 0.174. The Kier molecular flexibility index (Phi) is 5.97. The van der Waals surface area contributed by atoms with Crippen molar-refractivity contribution >= 4 is 21.4 Å². The number of hydrogen-bond donors (Lipinski definition) is 2. The van der Waals surface area contributed by atoms with E-state index in [1.807, 2.05) is 16.8 Å². The summed E-state index contributed by atoms with van der Waals surface area (Å²) in [6.07, 6.45) is 2.13. The third kappa shape index (κ3) is 5.60. The Morgan fingerprint density at radius 2 is 2.19 bits per heavy atom. The Morgan fingerprint density at radius 1 is 1.38 bits per heavy atom. The molecule has 6 heteroatoms. The van der Waals surface area contributed by atoms with Crippen molar-refractivity contribution in [2.24, 2.45) is 5.73 Å². The highest BCUT2D eigenvalue weighted by Gasteiger charge is 2.08. The second kappa shape index (κ2) is 7.01. The van der Waals surface area contributed by atoms with Gasteiger partial charge in [-0.2, -0.15) is 11.3 Å². The van der Waals surface area contributed by atoms with Gasteiger partial charge in [-0.05, 0) is 48.2 Å². The smallest absolute Gasteiger partial charge is 0.211 e. The highest BCUT2D eigenvalue weighted by Crippen LogP contribution is 2.05. The summed E-state index contributed by atoms with van der Waals surface area (Å²) in [7, 11) is -3.11. The molecule has 0 aliphatic rings. The lowest BCUT2D eigenvalue weighted by Crippen LogP contribution is -2.28. The van der Waals surface area contributed by atoms with E-state index in [1.165, 1.54) is 5.56 Å². The van der Waals surface area contributed by atoms with Crippen LogP contribution in [0.1, 0.15) is 18.4 Å². The number of nitrogens with two attached hydrogens (primary N) is 1. The highest BCUT2D eigenvalue weighted by atomic mass is 32.2. The first-order valence-corrected chi connectivity index (χ1v) is 7.92. The van der Waals surface area contributed by atoms with Gasteiger partial charge in [0.1, 0.15) is 0 Å². The standard InChI is InChI=1S/C10H18N2O2S2/c11-5-1-2-8-16(13,14)12-6-3-10-4-7-15-9-10/h4,7,9,12H,1-3,5-6,8,11H2. The minimum atomic E-state index is -3.11. The summed E-state index contributed by atoms with van der Waals surface area (Å²) in [5.41, 5.74) is 6.48. The number of nitrogens with one attached hydrogen (secondary N) is 1. The molecule has 0 aromatic carbocycles. The molecule has 0 saturated carbocycles. The minimum Gasteiger partial charge on any atom is -0.330 e. The average Bonchev–Trinajstić information content (AvgIpc) is 2.70. The fourth-order valence-electron chi connectivity index (χ4n) is 1.29. The van der Waals surface area contributed by atoms with Crippen molar-refractivity contribution in [3.05, 3.63) is 22.4 Å². The van der Waals surface area contributed by atoms with Gasteiger partial charge in [0, 0.05) is 6.54 Å². The molecule has 0 bridgehead atoms. The zero-order valence-corrected chi connectivity index (χ0v) is 10.8. The zero-order chi connectivity index (χ0) is 11.9. The molecule has 0 spiro atoms. The van der Waals surface area contributed by atoms with Crippen molar-refractivity contribution in [3.63, 3.8) is 0 Å². The number of sulfonamides is 1. The van der Waals surface area contributed by atoms with Crippen LogP contribution in [0.15, 0.2) is 16.8 Å². The molecule has 0 aliphatic heterocycles. The van der Waals surface area contributed by atoms with Gasteiger partial charge in [0.05, 0.1) is 5.75 Å². The molecule has 0 unspecified atom stereocenters. The molecule has 0 amide bonds. The number of thiophene rings is 1. The molecule has 92 valence electrons. The van der Waals surface area contributed by atoms with Crippen molar-refractivity contribution in [2.45, 2.75) is 19.3 Å². The van der Waals surface area contributed by atoms with Crippen LogP contribution in [0.3, 0.4) is 0 Å². The summed E-state index contributed by atoms with van der Waals surface area (Å²) in [6.45, 7) is 1.02. The maximum absolute atomic E-state index is 11.5. The summed E-state index contributed by atoms with van der Waals surface area (Å²) in [5, 5.41) is 4.02. The lowest BCUT2D eigenvalue weighted by molar-refractivity contribution is 0.577. The Balaban J connectivity index is 2.20. The lowest BCUT2D eigenvalue weighted by atomic mass is 10.2. The molecule has 1 aromatic rings. The van der Waals surface area contributed by atoms with E-state index in [4.69, 9.17) is 5.73 Å². The highest BCUT2D eigenvalue weighted by molar-refractivity contribution is 7.89. The van der Waals surface area contributed by atoms with Crippen LogP contribution in [0.5, 0.6) is 0 Å². The van der Waals surface area contributed by atoms with Gasteiger partial charge in [0.15, 0.2) is 0 Å². The van der Waals surface area contributed by atoms with Crippen LogP contribution in [0.4, 0.5) is 0 Å². The molecule has 0 fully saturated rings. The Labute approximate surface area is 101 Å². The fourth-order valence-corrected chi connectivity index (χ4v) is 3.14. The van der Waals surface area contributed by atoms with Crippen LogP contribution in [-0.4, -0.2) is 27.3 Å². The van der Waals surface area contributed by atoms with Crippen LogP contribution in [0, 0.1) is 0 Å². The predicted molar refractivity (Wildman–Crippen MR) is 68.1 cm³/mol. The maximum atomic E-state index is 11.5. The molecule has 1 rings (SSSR count). The van der Waals surface area contributed by atoms with E-state index in [0.717, 1.165) is 12.8 Å². The molecular formula is C10H18N2O2S2. The minimum absolute atomic E-state index is 0.174. The van der Waals surface area contributed by atoms with Gasteiger partial charge in [0.25, 0.3) is 0 Å². The Hall–Kier alpha value is -0.430. The van der Waals surface area contributed by atoms with Crippen molar-refractivity contribution in [3.8, 4) is 0 Å². The van der Waals surface area contributed by atoms with Crippen molar-refractivity contribution < 1.29 is 8.42 Å². The van der Waals surface area contributed by atoms with Crippen LogP contribution >= 0.6 is 11.3 Å². The zero-order valence-electron chi connectivity index (χ0n) is 9.19. The maximum Gasteiger partial charge on any atom is 0.211 e. The number of unbranched alkanes of at least 4 members (excludes halogenated alkanes) is 1. The third-order valence-corrected chi connectivity index (χ3v) is 4.39. The van der Waals surface area contributed by atoms with Gasteiger partial charge in [-0.3, -0.25) is 0 Å². The van der Waals surface area contributed by atoms with E-state index in [-0.39, 0.29) is 5.75 Å². The third-order valence-electron chi connectivity index (χ3n) is 2.18. The van der Waals surface area contributed by atoms with E-state index in [9.17, 15) is 8.42 Å². The monoisotopic (exact) mass is 262 g/mol. The van der Waals surface area contributed by atoms with Gasteiger partial charge in [-0.15, -0.1) is 0 Å². The van der Waals surface area contributed by atoms with Gasteiger partial charge >= 0.3 is 0 Å². The van der Waals surface area contributed by atoms with E-state index in [1.54, 1.807) is 11.3 Å². The molecule has 0 radical (unpaired) electrons. The second-order valence-electron chi connectivity index (χ2n) is 3.59. The second-order valence-corrected chi connectivity index (χ2v) is 6.30. The lowest BCUT2D eigenvalue weighted by Gasteiger charge is -2.05. The molecular weight excluding hydrogens is 244 g/mol. The van der Waals surface area contributed by atoms with Crippen LogP contribution in [0.25, 0.3) is 0 Å². The SMILES string of the molecule is NCCCCS(=O)(=O)NCCc1ccsc1. The number of hydrogen-bond acceptors (Lipinski definition) is 4. The molecule has 0 atom stereocenters. The number of rotatable bonds is 8. The molecule has 3 N–H and O–H groups in total. The predicted octanol–water partition coefficient (Wildman–Crippen LogP) is 0.949. The normalized spacial score (nSPS) is 11.8.